The molecule has 1 aromatic heterocycles. The van der Waals surface area contributed by atoms with E-state index in [2.05, 4.69) is 0 Å². The number of nitrogens with zero attached hydrogens (tertiary/aromatic N) is 1. The highest BCUT2D eigenvalue weighted by Gasteiger charge is 2.35. The van der Waals surface area contributed by atoms with E-state index < -0.39 is 5.97 Å². The van der Waals surface area contributed by atoms with Crippen LogP contribution in [0.1, 0.15) is 27.2 Å². The Labute approximate surface area is 187 Å². The number of imide groups is 1. The van der Waals surface area contributed by atoms with Crippen LogP contribution in [0.4, 0.5) is 4.79 Å². The Bertz CT molecular complexity index is 1230. The van der Waals surface area contributed by atoms with E-state index in [1.807, 2.05) is 31.2 Å². The number of rotatable bonds is 5. The smallest absolute Gasteiger partial charge is 0.337 e. The third-order valence-electron chi connectivity index (χ3n) is 4.72. The minimum atomic E-state index is -1.14. The van der Waals surface area contributed by atoms with Crippen LogP contribution in [0.2, 0.25) is 5.02 Å². The van der Waals surface area contributed by atoms with Gasteiger partial charge in [-0.2, -0.15) is 0 Å². The number of carbonyl (C=O) groups is 3. The van der Waals surface area contributed by atoms with E-state index in [4.69, 9.17) is 16.0 Å². The van der Waals surface area contributed by atoms with Gasteiger partial charge in [0.25, 0.3) is 11.1 Å². The summed E-state index contributed by atoms with van der Waals surface area (Å²) in [5, 5.41) is 9.02. The molecule has 0 bridgehead atoms. The first-order valence-corrected chi connectivity index (χ1v) is 10.5. The summed E-state index contributed by atoms with van der Waals surface area (Å²) in [5.74, 6) is -0.721. The van der Waals surface area contributed by atoms with E-state index in [0.29, 0.717) is 17.1 Å². The van der Waals surface area contributed by atoms with Crippen LogP contribution in [-0.4, -0.2) is 27.1 Å². The van der Waals surface area contributed by atoms with Crippen molar-refractivity contribution in [2.24, 2.45) is 0 Å². The second-order valence-electron chi connectivity index (χ2n) is 6.96. The molecule has 1 saturated heterocycles. The lowest BCUT2D eigenvalue weighted by molar-refractivity contribution is -0.123. The second-order valence-corrected chi connectivity index (χ2v) is 8.36. The number of furan rings is 1. The zero-order valence-corrected chi connectivity index (χ0v) is 17.9. The molecular weight excluding hydrogens is 438 g/mol. The third kappa shape index (κ3) is 4.42. The number of benzene rings is 2. The average Bonchev–Trinajstić information content (AvgIpc) is 3.30. The molecule has 156 valence electrons. The fraction of sp³-hybridized carbons (Fsp3) is 0.0870. The first-order chi connectivity index (χ1) is 14.8. The number of aryl methyl sites for hydroxylation is 1. The minimum absolute atomic E-state index is 0.0330. The van der Waals surface area contributed by atoms with Gasteiger partial charge in [0.2, 0.25) is 0 Å². The number of carboxylic acids is 1. The Morgan fingerprint density at radius 1 is 1.13 bits per heavy atom. The lowest BCUT2D eigenvalue weighted by atomic mass is 10.1. The highest BCUT2D eigenvalue weighted by Crippen LogP contribution is 2.34. The largest absolute Gasteiger partial charge is 0.478 e. The monoisotopic (exact) mass is 453 g/mol. The van der Waals surface area contributed by atoms with Crippen molar-refractivity contribution in [1.82, 2.24) is 4.90 Å². The Hall–Kier alpha value is -3.29. The molecule has 1 aliphatic heterocycles. The summed E-state index contributed by atoms with van der Waals surface area (Å²) < 4.78 is 5.75. The van der Waals surface area contributed by atoms with Crippen molar-refractivity contribution >= 4 is 46.6 Å². The molecule has 1 fully saturated rings. The van der Waals surface area contributed by atoms with Crippen LogP contribution < -0.4 is 0 Å². The van der Waals surface area contributed by atoms with Crippen LogP contribution in [0.3, 0.4) is 0 Å². The molecule has 8 heteroatoms. The zero-order chi connectivity index (χ0) is 22.1. The van der Waals surface area contributed by atoms with Gasteiger partial charge in [-0.3, -0.25) is 14.5 Å². The van der Waals surface area contributed by atoms with E-state index in [1.54, 1.807) is 18.2 Å². The van der Waals surface area contributed by atoms with E-state index >= 15 is 0 Å². The molecule has 1 aliphatic rings. The van der Waals surface area contributed by atoms with E-state index in [1.165, 1.54) is 23.1 Å². The van der Waals surface area contributed by atoms with Crippen LogP contribution in [0, 0.1) is 6.92 Å². The summed E-state index contributed by atoms with van der Waals surface area (Å²) in [6.45, 7) is 2.17. The fourth-order valence-corrected chi connectivity index (χ4v) is 4.09. The second kappa shape index (κ2) is 8.45. The molecule has 0 radical (unpaired) electrons. The van der Waals surface area contributed by atoms with Crippen molar-refractivity contribution in [2.45, 2.75) is 13.5 Å². The minimum Gasteiger partial charge on any atom is -0.478 e. The van der Waals surface area contributed by atoms with Crippen molar-refractivity contribution in [3.8, 4) is 11.3 Å². The summed E-state index contributed by atoms with van der Waals surface area (Å²) in [6.07, 6.45) is 1.51. The molecule has 2 amide bonds. The standard InChI is InChI=1S/C23H16ClNO5S/c1-13-2-4-14(5-3-13)12-25-21(26)20(31-23(25)29)11-16-7-9-19(30-16)15-6-8-18(24)17(10-15)22(27)28/h2-11H,12H2,1H3,(H,27,28)/b20-11-. The quantitative estimate of drug-likeness (QED) is 0.488. The number of amides is 2. The Kier molecular flexibility index (Phi) is 5.71. The fourth-order valence-electron chi connectivity index (χ4n) is 3.07. The van der Waals surface area contributed by atoms with Crippen molar-refractivity contribution in [3.63, 3.8) is 0 Å². The summed E-state index contributed by atoms with van der Waals surface area (Å²) in [7, 11) is 0. The van der Waals surface area contributed by atoms with Gasteiger partial charge in [-0.1, -0.05) is 41.4 Å². The Morgan fingerprint density at radius 2 is 1.87 bits per heavy atom. The summed E-state index contributed by atoms with van der Waals surface area (Å²) in [6, 6.07) is 15.5. The molecule has 2 heterocycles. The molecular formula is C23H16ClNO5S. The van der Waals surface area contributed by atoms with Crippen LogP contribution in [0.15, 0.2) is 63.9 Å². The van der Waals surface area contributed by atoms with Crippen LogP contribution in [0.5, 0.6) is 0 Å². The van der Waals surface area contributed by atoms with Gasteiger partial charge in [0.1, 0.15) is 11.5 Å². The SMILES string of the molecule is Cc1ccc(CN2C(=O)S/C(=C\c3ccc(-c4ccc(Cl)c(C(=O)O)c4)o3)C2=O)cc1. The van der Waals surface area contributed by atoms with E-state index in [9.17, 15) is 19.5 Å². The number of carboxylic acid groups (broad SMARTS) is 1. The predicted octanol–water partition coefficient (Wildman–Crippen LogP) is 5.84. The highest BCUT2D eigenvalue weighted by molar-refractivity contribution is 8.18. The number of hydrogen-bond acceptors (Lipinski definition) is 5. The number of halogens is 1. The van der Waals surface area contributed by atoms with Crippen LogP contribution in [-0.2, 0) is 11.3 Å². The van der Waals surface area contributed by atoms with Crippen molar-refractivity contribution in [1.29, 1.82) is 0 Å². The molecule has 6 nitrogen and oxygen atoms in total. The Balaban J connectivity index is 1.55. The van der Waals surface area contributed by atoms with Crippen molar-refractivity contribution in [2.75, 3.05) is 0 Å². The molecule has 3 aromatic rings. The maximum absolute atomic E-state index is 12.7. The topological polar surface area (TPSA) is 87.8 Å². The summed E-state index contributed by atoms with van der Waals surface area (Å²) >= 11 is 6.76. The van der Waals surface area contributed by atoms with Gasteiger partial charge in [0.15, 0.2) is 0 Å². The number of aromatic carboxylic acids is 1. The molecule has 1 N–H and O–H groups in total. The first-order valence-electron chi connectivity index (χ1n) is 9.26. The maximum atomic E-state index is 12.7. The first kappa shape index (κ1) is 21.0. The van der Waals surface area contributed by atoms with Crippen molar-refractivity contribution in [3.05, 3.63) is 87.0 Å². The predicted molar refractivity (Wildman–Crippen MR) is 119 cm³/mol. The lowest BCUT2D eigenvalue weighted by Gasteiger charge is -2.12. The average molecular weight is 454 g/mol. The third-order valence-corrected chi connectivity index (χ3v) is 5.95. The van der Waals surface area contributed by atoms with Gasteiger partial charge in [-0.25, -0.2) is 4.79 Å². The van der Waals surface area contributed by atoms with Gasteiger partial charge in [-0.05, 0) is 54.6 Å². The van der Waals surface area contributed by atoms with Gasteiger partial charge in [0.05, 0.1) is 22.0 Å². The normalized spacial score (nSPS) is 15.2. The highest BCUT2D eigenvalue weighted by atomic mass is 35.5. The van der Waals surface area contributed by atoms with E-state index in [-0.39, 0.29) is 33.2 Å². The molecule has 0 unspecified atom stereocenters. The number of carbonyl (C=O) groups excluding carboxylic acids is 2. The maximum Gasteiger partial charge on any atom is 0.337 e. The summed E-state index contributed by atoms with van der Waals surface area (Å²) in [4.78, 5) is 37.8. The zero-order valence-electron chi connectivity index (χ0n) is 16.3. The van der Waals surface area contributed by atoms with Crippen molar-refractivity contribution < 1.29 is 23.9 Å². The van der Waals surface area contributed by atoms with Gasteiger partial charge in [-0.15, -0.1) is 0 Å². The van der Waals surface area contributed by atoms with Gasteiger partial charge < -0.3 is 9.52 Å². The van der Waals surface area contributed by atoms with Gasteiger partial charge in [0, 0.05) is 11.6 Å². The molecule has 31 heavy (non-hydrogen) atoms. The molecule has 0 saturated carbocycles. The molecule has 2 aromatic carbocycles. The van der Waals surface area contributed by atoms with Gasteiger partial charge >= 0.3 is 5.97 Å². The Morgan fingerprint density at radius 3 is 2.58 bits per heavy atom. The number of thioether (sulfide) groups is 1. The molecule has 0 atom stereocenters. The molecule has 0 aliphatic carbocycles. The lowest BCUT2D eigenvalue weighted by Crippen LogP contribution is -2.27. The van der Waals surface area contributed by atoms with Crippen LogP contribution in [0.25, 0.3) is 17.4 Å². The molecule has 0 spiro atoms. The number of hydrogen-bond donors (Lipinski definition) is 1. The summed E-state index contributed by atoms with van der Waals surface area (Å²) in [5.41, 5.74) is 2.47. The van der Waals surface area contributed by atoms with E-state index in [0.717, 1.165) is 22.9 Å². The molecule has 4 rings (SSSR count). The van der Waals surface area contributed by atoms with Crippen LogP contribution >= 0.6 is 23.4 Å².